The van der Waals surface area contributed by atoms with Crippen molar-refractivity contribution in [3.63, 3.8) is 0 Å². The number of carbonyl (C=O) groups excluding carboxylic acids is 1. The van der Waals surface area contributed by atoms with Gasteiger partial charge in [0.15, 0.2) is 5.69 Å². The van der Waals surface area contributed by atoms with E-state index in [1.54, 1.807) is 12.1 Å². The van der Waals surface area contributed by atoms with Crippen LogP contribution in [0.15, 0.2) is 18.2 Å². The Hall–Kier alpha value is -2.88. The summed E-state index contributed by atoms with van der Waals surface area (Å²) in [7, 11) is 1.22. The van der Waals surface area contributed by atoms with Gasteiger partial charge in [-0.2, -0.15) is 5.26 Å². The van der Waals surface area contributed by atoms with Crippen molar-refractivity contribution < 1.29 is 13.9 Å². The Balaban J connectivity index is 2.76. The van der Waals surface area contributed by atoms with Gasteiger partial charge in [0.1, 0.15) is 29.1 Å². The fourth-order valence-corrected chi connectivity index (χ4v) is 2.04. The van der Waals surface area contributed by atoms with Gasteiger partial charge >= 0.3 is 5.97 Å². The number of methoxy groups -OCH3 is 1. The van der Waals surface area contributed by atoms with E-state index in [4.69, 9.17) is 11.0 Å². The van der Waals surface area contributed by atoms with Gasteiger partial charge in [0.2, 0.25) is 0 Å². The van der Waals surface area contributed by atoms with Crippen LogP contribution >= 0.6 is 0 Å². The summed E-state index contributed by atoms with van der Waals surface area (Å²) in [4.78, 5) is 15.8. The second-order valence-electron chi connectivity index (χ2n) is 4.19. The number of aryl methyl sites for hydroxylation is 1. The summed E-state index contributed by atoms with van der Waals surface area (Å²) in [6.07, 6.45) is 0.447. The number of nitrogen functional groups attached to an aromatic ring is 1. The van der Waals surface area contributed by atoms with E-state index in [1.165, 1.54) is 23.8 Å². The molecule has 0 saturated heterocycles. The number of esters is 1. The molecule has 2 N–H and O–H groups in total. The summed E-state index contributed by atoms with van der Waals surface area (Å²) < 4.78 is 19.8. The highest BCUT2D eigenvalue weighted by atomic mass is 19.1. The van der Waals surface area contributed by atoms with Crippen LogP contribution in [0.5, 0.6) is 0 Å². The van der Waals surface area contributed by atoms with E-state index < -0.39 is 11.8 Å². The second-order valence-corrected chi connectivity index (χ2v) is 4.19. The molecule has 0 fully saturated rings. The zero-order valence-electron chi connectivity index (χ0n) is 11.6. The molecule has 21 heavy (non-hydrogen) atoms. The van der Waals surface area contributed by atoms with Crippen molar-refractivity contribution in [2.24, 2.45) is 0 Å². The van der Waals surface area contributed by atoms with Crippen LogP contribution in [0.1, 0.15) is 28.8 Å². The SMILES string of the molecule is CCc1nc(C(=O)OC)c(N)n1-c1cccc(F)c1C#N. The molecule has 0 aliphatic rings. The minimum Gasteiger partial charge on any atom is -0.464 e. The van der Waals surface area contributed by atoms with Crippen LogP contribution < -0.4 is 5.73 Å². The van der Waals surface area contributed by atoms with Crippen molar-refractivity contribution >= 4 is 11.8 Å². The molecule has 108 valence electrons. The van der Waals surface area contributed by atoms with Crippen LogP contribution in [-0.4, -0.2) is 22.6 Å². The molecule has 0 atom stereocenters. The Morgan fingerprint density at radius 3 is 2.86 bits per heavy atom. The van der Waals surface area contributed by atoms with Gasteiger partial charge in [-0.1, -0.05) is 13.0 Å². The van der Waals surface area contributed by atoms with Gasteiger partial charge in [-0.25, -0.2) is 14.2 Å². The number of ether oxygens (including phenoxy) is 1. The average molecular weight is 288 g/mol. The van der Waals surface area contributed by atoms with Gasteiger partial charge in [-0.15, -0.1) is 0 Å². The van der Waals surface area contributed by atoms with Gasteiger partial charge < -0.3 is 10.5 Å². The van der Waals surface area contributed by atoms with E-state index >= 15 is 0 Å². The molecule has 7 heteroatoms. The molecule has 1 aromatic heterocycles. The number of imidazole rings is 1. The minimum atomic E-state index is -0.684. The monoisotopic (exact) mass is 288 g/mol. The van der Waals surface area contributed by atoms with Crippen molar-refractivity contribution in [1.82, 2.24) is 9.55 Å². The number of rotatable bonds is 3. The molecule has 2 rings (SSSR count). The van der Waals surface area contributed by atoms with Crippen molar-refractivity contribution in [3.8, 4) is 11.8 Å². The maximum atomic E-state index is 13.7. The Morgan fingerprint density at radius 2 is 2.29 bits per heavy atom. The Morgan fingerprint density at radius 1 is 1.57 bits per heavy atom. The zero-order valence-corrected chi connectivity index (χ0v) is 11.6. The number of nitrogens with two attached hydrogens (primary N) is 1. The maximum absolute atomic E-state index is 13.7. The lowest BCUT2D eigenvalue weighted by Gasteiger charge is -2.11. The number of hydrogen-bond donors (Lipinski definition) is 1. The quantitative estimate of drug-likeness (QED) is 0.869. The van der Waals surface area contributed by atoms with Crippen LogP contribution in [0.25, 0.3) is 5.69 Å². The summed E-state index contributed by atoms with van der Waals surface area (Å²) in [5, 5.41) is 9.12. The molecule has 1 heterocycles. The first-order chi connectivity index (χ1) is 10.0. The van der Waals surface area contributed by atoms with E-state index in [-0.39, 0.29) is 22.8 Å². The molecule has 0 radical (unpaired) electrons. The predicted octanol–water partition coefficient (Wildman–Crippen LogP) is 1.81. The van der Waals surface area contributed by atoms with Crippen LogP contribution in [0.3, 0.4) is 0 Å². The number of aromatic nitrogens is 2. The van der Waals surface area contributed by atoms with E-state index in [9.17, 15) is 9.18 Å². The lowest BCUT2D eigenvalue weighted by Crippen LogP contribution is -2.09. The first-order valence-corrected chi connectivity index (χ1v) is 6.19. The van der Waals surface area contributed by atoms with E-state index in [2.05, 4.69) is 9.72 Å². The Kier molecular flexibility index (Phi) is 3.89. The normalized spacial score (nSPS) is 10.2. The highest BCUT2D eigenvalue weighted by molar-refractivity contribution is 5.92. The van der Waals surface area contributed by atoms with Gasteiger partial charge in [0, 0.05) is 6.42 Å². The fraction of sp³-hybridized carbons (Fsp3) is 0.214. The third-order valence-corrected chi connectivity index (χ3v) is 3.02. The van der Waals surface area contributed by atoms with Crippen LogP contribution in [0.4, 0.5) is 10.2 Å². The molecule has 0 aliphatic carbocycles. The third kappa shape index (κ3) is 2.31. The topological polar surface area (TPSA) is 93.9 Å². The molecule has 0 amide bonds. The highest BCUT2D eigenvalue weighted by Gasteiger charge is 2.23. The van der Waals surface area contributed by atoms with Gasteiger partial charge in [0.05, 0.1) is 12.8 Å². The lowest BCUT2D eigenvalue weighted by molar-refractivity contribution is 0.0595. The number of carbonyl (C=O) groups is 1. The molecular weight excluding hydrogens is 275 g/mol. The minimum absolute atomic E-state index is 0.0146. The smallest absolute Gasteiger partial charge is 0.360 e. The molecule has 0 bridgehead atoms. The summed E-state index contributed by atoms with van der Waals surface area (Å²) >= 11 is 0. The number of nitriles is 1. The Labute approximate surface area is 120 Å². The number of anilines is 1. The maximum Gasteiger partial charge on any atom is 0.360 e. The van der Waals surface area contributed by atoms with Crippen LogP contribution in [0.2, 0.25) is 0 Å². The predicted molar refractivity (Wildman–Crippen MR) is 73.4 cm³/mol. The van der Waals surface area contributed by atoms with E-state index in [1.807, 2.05) is 6.92 Å². The Bertz CT molecular complexity index is 746. The average Bonchev–Trinajstić information content (AvgIpc) is 2.82. The summed E-state index contributed by atoms with van der Waals surface area (Å²) in [6.45, 7) is 1.81. The van der Waals surface area contributed by atoms with Crippen molar-refractivity contribution in [2.45, 2.75) is 13.3 Å². The largest absolute Gasteiger partial charge is 0.464 e. The van der Waals surface area contributed by atoms with Crippen molar-refractivity contribution in [2.75, 3.05) is 12.8 Å². The molecule has 6 nitrogen and oxygen atoms in total. The number of benzene rings is 1. The standard InChI is InChI=1S/C14H13FN4O2/c1-3-11-18-12(14(20)21-2)13(17)19(11)10-6-4-5-9(15)8(10)7-16/h4-6H,3,17H2,1-2H3. The van der Waals surface area contributed by atoms with Gasteiger partial charge in [-0.3, -0.25) is 4.57 Å². The summed E-state index contributed by atoms with van der Waals surface area (Å²) in [6, 6.07) is 5.98. The number of nitrogens with zero attached hydrogens (tertiary/aromatic N) is 3. The van der Waals surface area contributed by atoms with Crippen LogP contribution in [0, 0.1) is 17.1 Å². The van der Waals surface area contributed by atoms with Crippen LogP contribution in [-0.2, 0) is 11.2 Å². The molecule has 0 spiro atoms. The molecule has 1 aromatic carbocycles. The molecule has 0 unspecified atom stereocenters. The fourth-order valence-electron chi connectivity index (χ4n) is 2.04. The van der Waals surface area contributed by atoms with Crippen molar-refractivity contribution in [1.29, 1.82) is 5.26 Å². The van der Waals surface area contributed by atoms with Gasteiger partial charge in [0.25, 0.3) is 0 Å². The summed E-state index contributed by atoms with van der Waals surface area (Å²) in [5.41, 5.74) is 5.96. The summed E-state index contributed by atoms with van der Waals surface area (Å²) in [5.74, 6) is -0.892. The van der Waals surface area contributed by atoms with Gasteiger partial charge in [-0.05, 0) is 12.1 Å². The zero-order chi connectivity index (χ0) is 15.6. The van der Waals surface area contributed by atoms with Crippen molar-refractivity contribution in [3.05, 3.63) is 41.1 Å². The van der Waals surface area contributed by atoms with E-state index in [0.717, 1.165) is 0 Å². The third-order valence-electron chi connectivity index (χ3n) is 3.02. The molecule has 0 saturated carbocycles. The molecular formula is C14H13FN4O2. The number of halogens is 1. The molecule has 2 aromatic rings. The first-order valence-electron chi connectivity index (χ1n) is 6.19. The highest BCUT2D eigenvalue weighted by Crippen LogP contribution is 2.25. The first kappa shape index (κ1) is 14.5. The van der Waals surface area contributed by atoms with E-state index in [0.29, 0.717) is 12.2 Å². The molecule has 0 aliphatic heterocycles. The second kappa shape index (κ2) is 5.63. The lowest BCUT2D eigenvalue weighted by atomic mass is 10.1. The number of hydrogen-bond acceptors (Lipinski definition) is 5.